The number of rotatable bonds is 3. The van der Waals surface area contributed by atoms with Crippen LogP contribution in [-0.2, 0) is 0 Å². The average Bonchev–Trinajstić information content (AvgIpc) is 2.62. The fourth-order valence-corrected chi connectivity index (χ4v) is 2.73. The molecule has 2 aromatic carbocycles. The zero-order chi connectivity index (χ0) is 20.3. The van der Waals surface area contributed by atoms with Gasteiger partial charge >= 0.3 is 6.03 Å². The van der Waals surface area contributed by atoms with Crippen molar-refractivity contribution in [2.24, 2.45) is 0 Å². The maximum absolute atomic E-state index is 13.6. The first-order valence-electron chi connectivity index (χ1n) is 8.01. The summed E-state index contributed by atoms with van der Waals surface area (Å²) in [5, 5.41) is 4.17. The first kappa shape index (κ1) is 19.6. The summed E-state index contributed by atoms with van der Waals surface area (Å²) in [5.74, 6) is -3.26. The number of nitrogens with one attached hydrogen (secondary N) is 2. The second-order valence-corrected chi connectivity index (χ2v) is 6.62. The molecule has 0 atom stereocenters. The molecule has 1 heterocycles. The van der Waals surface area contributed by atoms with Crippen molar-refractivity contribution in [1.82, 2.24) is 15.3 Å². The normalized spacial score (nSPS) is 10.4. The largest absolute Gasteiger partial charge is 0.327 e. The molecule has 2 N–H and O–H groups in total. The number of anilines is 1. The van der Waals surface area contributed by atoms with Gasteiger partial charge in [-0.25, -0.2) is 18.6 Å². The predicted molar refractivity (Wildman–Crippen MR) is 103 cm³/mol. The first-order chi connectivity index (χ1) is 13.3. The van der Waals surface area contributed by atoms with Crippen LogP contribution in [-0.4, -0.2) is 21.9 Å². The summed E-state index contributed by atoms with van der Waals surface area (Å²) in [6.45, 7) is 1.72. The Morgan fingerprint density at radius 1 is 1.04 bits per heavy atom. The van der Waals surface area contributed by atoms with E-state index in [1.54, 1.807) is 6.92 Å². The monoisotopic (exact) mass is 446 g/mol. The van der Waals surface area contributed by atoms with Gasteiger partial charge in [-0.2, -0.15) is 0 Å². The second-order valence-electron chi connectivity index (χ2n) is 5.70. The lowest BCUT2D eigenvalue weighted by molar-refractivity contribution is 0.0959. The molecule has 0 aliphatic heterocycles. The van der Waals surface area contributed by atoms with Crippen LogP contribution < -0.4 is 10.6 Å². The summed E-state index contributed by atoms with van der Waals surface area (Å²) < 4.78 is 28.1. The lowest BCUT2D eigenvalue weighted by Gasteiger charge is -2.09. The highest BCUT2D eigenvalue weighted by molar-refractivity contribution is 9.10. The Labute approximate surface area is 167 Å². The standard InChI is InChI=1S/C19H13BrF2N4O2/c1-10-17(11-5-7-12(20)8-6-11)23-9-15(24-10)25-19(28)26-18(27)16-13(21)3-2-4-14(16)22/h2-9H,1H3,(H2,24,25,26,27,28). The number of nitrogens with zero attached hydrogens (tertiary/aromatic N) is 2. The number of imide groups is 1. The second kappa shape index (κ2) is 8.22. The maximum Gasteiger partial charge on any atom is 0.327 e. The summed E-state index contributed by atoms with van der Waals surface area (Å²) in [6, 6.07) is 9.43. The molecule has 3 rings (SSSR count). The van der Waals surface area contributed by atoms with Crippen molar-refractivity contribution < 1.29 is 18.4 Å². The molecule has 6 nitrogen and oxygen atoms in total. The predicted octanol–water partition coefficient (Wildman–Crippen LogP) is 4.45. The lowest BCUT2D eigenvalue weighted by atomic mass is 10.1. The van der Waals surface area contributed by atoms with Gasteiger partial charge in [-0.3, -0.25) is 20.4 Å². The Morgan fingerprint density at radius 2 is 1.68 bits per heavy atom. The number of benzene rings is 2. The third kappa shape index (κ3) is 4.37. The topological polar surface area (TPSA) is 84.0 Å². The third-order valence-corrected chi connectivity index (χ3v) is 4.25. The summed E-state index contributed by atoms with van der Waals surface area (Å²) in [4.78, 5) is 32.4. The van der Waals surface area contributed by atoms with Crippen LogP contribution in [0.25, 0.3) is 11.3 Å². The van der Waals surface area contributed by atoms with Crippen molar-refractivity contribution in [3.8, 4) is 11.3 Å². The van der Waals surface area contributed by atoms with Gasteiger partial charge in [0.05, 0.1) is 17.6 Å². The van der Waals surface area contributed by atoms with Gasteiger partial charge < -0.3 is 0 Å². The molecule has 0 unspecified atom stereocenters. The minimum atomic E-state index is -1.20. The molecule has 9 heteroatoms. The molecule has 0 bridgehead atoms. The number of amides is 3. The number of halogens is 3. The van der Waals surface area contributed by atoms with Gasteiger partial charge in [0.2, 0.25) is 0 Å². The van der Waals surface area contributed by atoms with E-state index in [9.17, 15) is 18.4 Å². The maximum atomic E-state index is 13.6. The number of aryl methyl sites for hydroxylation is 1. The van der Waals surface area contributed by atoms with Crippen molar-refractivity contribution in [2.45, 2.75) is 6.92 Å². The number of hydrogen-bond acceptors (Lipinski definition) is 4. The Bertz CT molecular complexity index is 1040. The van der Waals surface area contributed by atoms with E-state index in [-0.39, 0.29) is 5.82 Å². The van der Waals surface area contributed by atoms with Gasteiger partial charge in [0.1, 0.15) is 17.2 Å². The van der Waals surface area contributed by atoms with Crippen LogP contribution in [0.15, 0.2) is 53.1 Å². The Hall–Kier alpha value is -3.20. The minimum Gasteiger partial charge on any atom is -0.291 e. The smallest absolute Gasteiger partial charge is 0.291 e. The van der Waals surface area contributed by atoms with Crippen LogP contribution in [0.2, 0.25) is 0 Å². The molecule has 3 aromatic rings. The number of aromatic nitrogens is 2. The number of carbonyl (C=O) groups is 2. The molecule has 0 spiro atoms. The van der Waals surface area contributed by atoms with Crippen LogP contribution >= 0.6 is 15.9 Å². The van der Waals surface area contributed by atoms with E-state index in [1.165, 1.54) is 6.20 Å². The summed E-state index contributed by atoms with van der Waals surface area (Å²) in [6.07, 6.45) is 1.32. The van der Waals surface area contributed by atoms with E-state index in [1.807, 2.05) is 29.6 Å². The molecule has 0 radical (unpaired) electrons. The molecular formula is C19H13BrF2N4O2. The quantitative estimate of drug-likeness (QED) is 0.622. The highest BCUT2D eigenvalue weighted by atomic mass is 79.9. The molecule has 0 aliphatic carbocycles. The molecule has 3 amide bonds. The van der Waals surface area contributed by atoms with Crippen molar-refractivity contribution in [3.05, 3.63) is 76.0 Å². The van der Waals surface area contributed by atoms with Crippen molar-refractivity contribution in [2.75, 3.05) is 5.32 Å². The number of hydrogen-bond donors (Lipinski definition) is 2. The van der Waals surface area contributed by atoms with E-state index in [2.05, 4.69) is 31.2 Å². The molecular weight excluding hydrogens is 434 g/mol. The van der Waals surface area contributed by atoms with Crippen LogP contribution in [0, 0.1) is 18.6 Å². The summed E-state index contributed by atoms with van der Waals surface area (Å²) >= 11 is 3.36. The van der Waals surface area contributed by atoms with Crippen LogP contribution in [0.5, 0.6) is 0 Å². The van der Waals surface area contributed by atoms with E-state index >= 15 is 0 Å². The molecule has 0 fully saturated rings. The molecule has 142 valence electrons. The van der Waals surface area contributed by atoms with E-state index in [0.29, 0.717) is 11.4 Å². The summed E-state index contributed by atoms with van der Waals surface area (Å²) in [5.41, 5.74) is 1.18. The van der Waals surface area contributed by atoms with Gasteiger partial charge in [0.25, 0.3) is 5.91 Å². The highest BCUT2D eigenvalue weighted by Gasteiger charge is 2.19. The molecule has 0 aliphatic rings. The van der Waals surface area contributed by atoms with Gasteiger partial charge in [-0.05, 0) is 31.2 Å². The molecule has 0 saturated carbocycles. The van der Waals surface area contributed by atoms with Gasteiger partial charge in [0.15, 0.2) is 5.82 Å². The SMILES string of the molecule is Cc1nc(NC(=O)NC(=O)c2c(F)cccc2F)cnc1-c1ccc(Br)cc1. The Kier molecular flexibility index (Phi) is 5.74. The van der Waals surface area contributed by atoms with Crippen molar-refractivity contribution >= 4 is 33.7 Å². The van der Waals surface area contributed by atoms with Crippen molar-refractivity contribution in [1.29, 1.82) is 0 Å². The summed E-state index contributed by atoms with van der Waals surface area (Å²) in [7, 11) is 0. The van der Waals surface area contributed by atoms with Crippen molar-refractivity contribution in [3.63, 3.8) is 0 Å². The van der Waals surface area contributed by atoms with Crippen LogP contribution in [0.3, 0.4) is 0 Å². The first-order valence-corrected chi connectivity index (χ1v) is 8.80. The van der Waals surface area contributed by atoms with E-state index in [0.717, 1.165) is 28.2 Å². The lowest BCUT2D eigenvalue weighted by Crippen LogP contribution is -2.35. The minimum absolute atomic E-state index is 0.0812. The van der Waals surface area contributed by atoms with Crippen LogP contribution in [0.1, 0.15) is 16.1 Å². The Balaban J connectivity index is 1.71. The average molecular weight is 447 g/mol. The third-order valence-electron chi connectivity index (χ3n) is 3.72. The number of carbonyl (C=O) groups excluding carboxylic acids is 2. The number of urea groups is 1. The van der Waals surface area contributed by atoms with Gasteiger partial charge in [0, 0.05) is 10.0 Å². The van der Waals surface area contributed by atoms with E-state index in [4.69, 9.17) is 0 Å². The molecule has 28 heavy (non-hydrogen) atoms. The molecule has 1 aromatic heterocycles. The Morgan fingerprint density at radius 3 is 2.29 bits per heavy atom. The zero-order valence-corrected chi connectivity index (χ0v) is 16.0. The van der Waals surface area contributed by atoms with E-state index < -0.39 is 29.1 Å². The fourth-order valence-electron chi connectivity index (χ4n) is 2.46. The highest BCUT2D eigenvalue weighted by Crippen LogP contribution is 2.22. The van der Waals surface area contributed by atoms with Gasteiger partial charge in [-0.1, -0.05) is 34.1 Å². The van der Waals surface area contributed by atoms with Crippen LogP contribution in [0.4, 0.5) is 19.4 Å². The zero-order valence-electron chi connectivity index (χ0n) is 14.5. The van der Waals surface area contributed by atoms with Gasteiger partial charge in [-0.15, -0.1) is 0 Å². The fraction of sp³-hybridized carbons (Fsp3) is 0.0526. The molecule has 0 saturated heterocycles.